The lowest BCUT2D eigenvalue weighted by atomic mass is 9.90. The molecule has 1 aromatic carbocycles. The molecule has 2 atom stereocenters. The number of rotatable bonds is 6. The van der Waals surface area contributed by atoms with Crippen LogP contribution >= 0.6 is 23.2 Å². The standard InChI is InChI=1S/C19H23Cl2NO4/c1-25-19(24)12-9-14-5-6-15(10-12)22(14)18(23)3-2-8-26-17-7-4-13(20)11-16(17)21/h4,7,11-12,14-15H,2-3,5-6,8-10H2,1H3. The number of piperidine rings is 1. The molecule has 2 saturated heterocycles. The van der Waals surface area contributed by atoms with Gasteiger partial charge in [-0.1, -0.05) is 23.2 Å². The Kier molecular flexibility index (Phi) is 6.30. The van der Waals surface area contributed by atoms with E-state index in [1.54, 1.807) is 18.2 Å². The Balaban J connectivity index is 1.46. The summed E-state index contributed by atoms with van der Waals surface area (Å²) in [6, 6.07) is 5.41. The summed E-state index contributed by atoms with van der Waals surface area (Å²) in [6.07, 6.45) is 4.43. The fourth-order valence-electron chi connectivity index (χ4n) is 4.07. The van der Waals surface area contributed by atoms with Crippen LogP contribution in [0.5, 0.6) is 5.75 Å². The highest BCUT2D eigenvalue weighted by Gasteiger charge is 2.45. The molecule has 2 fully saturated rings. The third-order valence-electron chi connectivity index (χ3n) is 5.24. The number of fused-ring (bicyclic) bond motifs is 2. The van der Waals surface area contributed by atoms with Gasteiger partial charge in [-0.15, -0.1) is 0 Å². The summed E-state index contributed by atoms with van der Waals surface area (Å²) in [5, 5.41) is 1.02. The van der Waals surface area contributed by atoms with Gasteiger partial charge in [-0.05, 0) is 50.3 Å². The van der Waals surface area contributed by atoms with Crippen LogP contribution in [0.25, 0.3) is 0 Å². The number of nitrogens with zero attached hydrogens (tertiary/aromatic N) is 1. The van der Waals surface area contributed by atoms with E-state index >= 15 is 0 Å². The van der Waals surface area contributed by atoms with Crippen molar-refractivity contribution < 1.29 is 19.1 Å². The van der Waals surface area contributed by atoms with Crippen molar-refractivity contribution in [3.8, 4) is 5.75 Å². The van der Waals surface area contributed by atoms with Gasteiger partial charge >= 0.3 is 5.97 Å². The number of amides is 1. The molecule has 0 aromatic heterocycles. The predicted octanol–water partition coefficient (Wildman–Crippen LogP) is 4.10. The second kappa shape index (κ2) is 8.49. The van der Waals surface area contributed by atoms with E-state index in [4.69, 9.17) is 32.7 Å². The molecule has 0 spiro atoms. The number of esters is 1. The van der Waals surface area contributed by atoms with E-state index in [9.17, 15) is 9.59 Å². The first-order valence-electron chi connectivity index (χ1n) is 8.96. The maximum atomic E-state index is 12.6. The van der Waals surface area contributed by atoms with Crippen LogP contribution in [0.15, 0.2) is 18.2 Å². The van der Waals surface area contributed by atoms with Gasteiger partial charge in [0.15, 0.2) is 0 Å². The Bertz CT molecular complexity index is 668. The van der Waals surface area contributed by atoms with Crippen molar-refractivity contribution in [3.63, 3.8) is 0 Å². The van der Waals surface area contributed by atoms with Gasteiger partial charge in [-0.2, -0.15) is 0 Å². The number of hydrogen-bond donors (Lipinski definition) is 0. The van der Waals surface area contributed by atoms with Crippen LogP contribution in [0.1, 0.15) is 38.5 Å². The van der Waals surface area contributed by atoms with E-state index < -0.39 is 0 Å². The SMILES string of the molecule is COC(=O)C1CC2CCC(C1)N2C(=O)CCCOc1ccc(Cl)cc1Cl. The van der Waals surface area contributed by atoms with Gasteiger partial charge in [-0.3, -0.25) is 9.59 Å². The minimum absolute atomic E-state index is 0.0723. The smallest absolute Gasteiger partial charge is 0.308 e. The largest absolute Gasteiger partial charge is 0.492 e. The molecule has 1 aromatic rings. The van der Waals surface area contributed by atoms with Crippen molar-refractivity contribution in [2.45, 2.75) is 50.6 Å². The fourth-order valence-corrected chi connectivity index (χ4v) is 4.53. The molecule has 7 heteroatoms. The first-order chi connectivity index (χ1) is 12.5. The number of hydrogen-bond acceptors (Lipinski definition) is 4. The van der Waals surface area contributed by atoms with Crippen molar-refractivity contribution in [1.82, 2.24) is 4.90 Å². The maximum Gasteiger partial charge on any atom is 0.308 e. The maximum absolute atomic E-state index is 12.6. The summed E-state index contributed by atoms with van der Waals surface area (Å²) in [6.45, 7) is 0.418. The Morgan fingerprint density at radius 2 is 1.88 bits per heavy atom. The van der Waals surface area contributed by atoms with Crippen molar-refractivity contribution in [1.29, 1.82) is 0 Å². The molecule has 142 valence electrons. The van der Waals surface area contributed by atoms with E-state index in [0.717, 1.165) is 12.8 Å². The minimum atomic E-state index is -0.151. The second-order valence-electron chi connectivity index (χ2n) is 6.90. The molecular formula is C19H23Cl2NO4. The third-order valence-corrected chi connectivity index (χ3v) is 5.77. The van der Waals surface area contributed by atoms with Crippen LogP contribution in [0.3, 0.4) is 0 Å². The lowest BCUT2D eigenvalue weighted by molar-refractivity contribution is -0.151. The van der Waals surface area contributed by atoms with Gasteiger partial charge in [0.2, 0.25) is 5.91 Å². The van der Waals surface area contributed by atoms with Gasteiger partial charge in [0.25, 0.3) is 0 Å². The van der Waals surface area contributed by atoms with E-state index in [1.807, 2.05) is 4.90 Å². The van der Waals surface area contributed by atoms with Crippen molar-refractivity contribution in [2.75, 3.05) is 13.7 Å². The first-order valence-corrected chi connectivity index (χ1v) is 9.72. The quantitative estimate of drug-likeness (QED) is 0.533. The van der Waals surface area contributed by atoms with Gasteiger partial charge in [0.05, 0.1) is 24.7 Å². The van der Waals surface area contributed by atoms with E-state index in [-0.39, 0.29) is 29.9 Å². The number of ether oxygens (including phenoxy) is 2. The molecule has 2 bridgehead atoms. The van der Waals surface area contributed by atoms with Crippen molar-refractivity contribution in [2.24, 2.45) is 5.92 Å². The summed E-state index contributed by atoms with van der Waals surface area (Å²) in [4.78, 5) is 26.4. The first kappa shape index (κ1) is 19.3. The van der Waals surface area contributed by atoms with Gasteiger partial charge in [0.1, 0.15) is 5.75 Å². The Morgan fingerprint density at radius 1 is 1.19 bits per heavy atom. The normalized spacial score (nSPS) is 24.4. The molecule has 0 saturated carbocycles. The highest BCUT2D eigenvalue weighted by molar-refractivity contribution is 6.35. The average Bonchev–Trinajstić information content (AvgIpc) is 2.89. The molecule has 2 aliphatic rings. The van der Waals surface area contributed by atoms with Gasteiger partial charge in [-0.25, -0.2) is 0 Å². The highest BCUT2D eigenvalue weighted by Crippen LogP contribution is 2.39. The molecule has 26 heavy (non-hydrogen) atoms. The Morgan fingerprint density at radius 3 is 2.50 bits per heavy atom. The van der Waals surface area contributed by atoms with Crippen molar-refractivity contribution >= 4 is 35.1 Å². The van der Waals surface area contributed by atoms with Crippen LogP contribution < -0.4 is 4.74 Å². The zero-order chi connectivity index (χ0) is 18.7. The van der Waals surface area contributed by atoms with Crippen LogP contribution in [0, 0.1) is 5.92 Å². The summed E-state index contributed by atoms with van der Waals surface area (Å²) in [5.41, 5.74) is 0. The molecule has 1 amide bonds. The molecule has 2 aliphatic heterocycles. The number of carbonyl (C=O) groups excluding carboxylic acids is 2. The molecule has 0 N–H and O–H groups in total. The molecule has 3 rings (SSSR count). The lowest BCUT2D eigenvalue weighted by Crippen LogP contribution is -2.48. The molecule has 0 radical (unpaired) electrons. The molecular weight excluding hydrogens is 377 g/mol. The number of halogens is 2. The number of methoxy groups -OCH3 is 1. The predicted molar refractivity (Wildman–Crippen MR) is 99.6 cm³/mol. The summed E-state index contributed by atoms with van der Waals surface area (Å²) < 4.78 is 10.5. The molecule has 2 unspecified atom stereocenters. The average molecular weight is 400 g/mol. The Labute approximate surface area is 163 Å². The van der Waals surface area contributed by atoms with E-state index in [2.05, 4.69) is 0 Å². The van der Waals surface area contributed by atoms with Crippen LogP contribution in [0.4, 0.5) is 0 Å². The Hall–Kier alpha value is -1.46. The second-order valence-corrected chi connectivity index (χ2v) is 7.75. The topological polar surface area (TPSA) is 55.8 Å². The lowest BCUT2D eigenvalue weighted by Gasteiger charge is -2.38. The molecule has 2 heterocycles. The van der Waals surface area contributed by atoms with Crippen molar-refractivity contribution in [3.05, 3.63) is 28.2 Å². The van der Waals surface area contributed by atoms with E-state index in [0.29, 0.717) is 48.1 Å². The fraction of sp³-hybridized carbons (Fsp3) is 0.579. The molecule has 5 nitrogen and oxygen atoms in total. The monoisotopic (exact) mass is 399 g/mol. The summed E-state index contributed by atoms with van der Waals surface area (Å²) in [7, 11) is 1.43. The van der Waals surface area contributed by atoms with Crippen LogP contribution in [0.2, 0.25) is 10.0 Å². The highest BCUT2D eigenvalue weighted by atomic mass is 35.5. The third kappa shape index (κ3) is 4.26. The zero-order valence-electron chi connectivity index (χ0n) is 14.7. The van der Waals surface area contributed by atoms with E-state index in [1.165, 1.54) is 7.11 Å². The number of carbonyl (C=O) groups is 2. The van der Waals surface area contributed by atoms with Crippen LogP contribution in [-0.4, -0.2) is 42.6 Å². The zero-order valence-corrected chi connectivity index (χ0v) is 16.3. The van der Waals surface area contributed by atoms with Gasteiger partial charge in [0, 0.05) is 23.5 Å². The molecule has 0 aliphatic carbocycles. The summed E-state index contributed by atoms with van der Waals surface area (Å²) >= 11 is 11.9. The number of benzene rings is 1. The summed E-state index contributed by atoms with van der Waals surface area (Å²) in [5.74, 6) is 0.494. The van der Waals surface area contributed by atoms with Gasteiger partial charge < -0.3 is 14.4 Å². The van der Waals surface area contributed by atoms with Crippen LogP contribution in [-0.2, 0) is 14.3 Å². The minimum Gasteiger partial charge on any atom is -0.492 e.